The number of hydrogen-bond donors (Lipinski definition) is 4. The molecule has 15 nitrogen and oxygen atoms in total. The first-order valence-electron chi connectivity index (χ1n) is 22.1. The van der Waals surface area contributed by atoms with E-state index >= 15 is 0 Å². The molecule has 2 fully saturated rings. The van der Waals surface area contributed by atoms with Crippen LogP contribution in [-0.4, -0.2) is 67.4 Å². The summed E-state index contributed by atoms with van der Waals surface area (Å²) >= 11 is 0. The van der Waals surface area contributed by atoms with Crippen LogP contribution in [0.3, 0.4) is 0 Å². The molecule has 2 atom stereocenters. The van der Waals surface area contributed by atoms with Crippen LogP contribution in [0, 0.1) is 18.2 Å². The molecule has 2 aromatic heterocycles. The minimum Gasteiger partial charge on any atom is -0.493 e. The summed E-state index contributed by atoms with van der Waals surface area (Å²) in [6, 6.07) is 24.1. The minimum absolute atomic E-state index is 0.0383. The molecule has 2 aliphatic rings. The lowest BCUT2D eigenvalue weighted by molar-refractivity contribution is -0.137. The van der Waals surface area contributed by atoms with Gasteiger partial charge in [-0.2, -0.15) is 13.2 Å². The minimum atomic E-state index is -4.49. The molecule has 7 aromatic rings. The van der Waals surface area contributed by atoms with Crippen LogP contribution in [0.5, 0.6) is 34.5 Å². The number of carbonyl (C=O) groups excluding carboxylic acids is 2. The molecule has 0 radical (unpaired) electrons. The summed E-state index contributed by atoms with van der Waals surface area (Å²) in [5.41, 5.74) is 6.50. The van der Waals surface area contributed by atoms with Crippen LogP contribution in [-0.2, 0) is 20.5 Å². The van der Waals surface area contributed by atoms with Crippen molar-refractivity contribution >= 4 is 56.5 Å². The molecule has 1 aliphatic heterocycles. The summed E-state index contributed by atoms with van der Waals surface area (Å²) in [5, 5.41) is 10.1. The second-order valence-corrected chi connectivity index (χ2v) is 16.7. The third-order valence-electron chi connectivity index (χ3n) is 11.7. The second kappa shape index (κ2) is 20.3. The van der Waals surface area contributed by atoms with Gasteiger partial charge in [-0.25, -0.2) is 14.4 Å². The summed E-state index contributed by atoms with van der Waals surface area (Å²) in [6.07, 6.45) is -1.29. The number of methoxy groups -OCH3 is 3. The number of aryl methyl sites for hydroxylation is 1. The first-order chi connectivity index (χ1) is 33.5. The van der Waals surface area contributed by atoms with Crippen LogP contribution in [0.1, 0.15) is 49.2 Å². The van der Waals surface area contributed by atoms with Gasteiger partial charge in [0.25, 0.3) is 0 Å². The number of rotatable bonds is 14. The molecule has 0 spiro atoms. The van der Waals surface area contributed by atoms with Gasteiger partial charge in [-0.3, -0.25) is 14.6 Å². The van der Waals surface area contributed by atoms with Gasteiger partial charge in [-0.15, -0.1) is 0 Å². The van der Waals surface area contributed by atoms with E-state index in [4.69, 9.17) is 34.2 Å². The van der Waals surface area contributed by atoms with Crippen molar-refractivity contribution in [3.8, 4) is 34.5 Å². The van der Waals surface area contributed by atoms with Crippen molar-refractivity contribution in [2.75, 3.05) is 56.2 Å². The molecule has 1 aliphatic carbocycles. The smallest absolute Gasteiger partial charge is 0.416 e. The quantitative estimate of drug-likeness (QED) is 0.0458. The molecule has 19 heteroatoms. The van der Waals surface area contributed by atoms with Crippen molar-refractivity contribution in [3.05, 3.63) is 126 Å². The van der Waals surface area contributed by atoms with Gasteiger partial charge in [0.2, 0.25) is 11.8 Å². The molecule has 364 valence electrons. The number of aromatic nitrogens is 3. The lowest BCUT2D eigenvalue weighted by atomic mass is 10.0. The van der Waals surface area contributed by atoms with E-state index in [2.05, 4.69) is 30.9 Å². The predicted octanol–water partition coefficient (Wildman–Crippen LogP) is 10.4. The van der Waals surface area contributed by atoms with Crippen molar-refractivity contribution in [1.82, 2.24) is 15.0 Å². The number of alkyl halides is 3. The van der Waals surface area contributed by atoms with E-state index in [0.717, 1.165) is 23.9 Å². The number of anilines is 4. The second-order valence-electron chi connectivity index (χ2n) is 16.7. The van der Waals surface area contributed by atoms with E-state index in [0.29, 0.717) is 106 Å². The summed E-state index contributed by atoms with van der Waals surface area (Å²) in [7, 11) is 4.67. The topological polar surface area (TPSA) is 190 Å². The van der Waals surface area contributed by atoms with E-state index in [1.54, 1.807) is 96.0 Å². The summed E-state index contributed by atoms with van der Waals surface area (Å²) < 4.78 is 86.6. The van der Waals surface area contributed by atoms with Crippen LogP contribution >= 0.6 is 0 Å². The molecule has 5 aromatic carbocycles. The number of carbonyl (C=O) groups is 2. The SMILES string of the molecule is COc1cc2nc(C)nc(NC(C)c3cc(N)cc(C(F)(F)F)c3)c2cc1OC1CCOC1.COc1cc2nccc(Oc3ccc(NC(=O)C4(C(=O)Nc5ccc(F)cc5)CC4)cc3)c2cc1OC. The summed E-state index contributed by atoms with van der Waals surface area (Å²) in [6.45, 7) is 4.61. The molecule has 3 heterocycles. The molecule has 1 saturated heterocycles. The van der Waals surface area contributed by atoms with E-state index in [1.807, 2.05) is 0 Å². The summed E-state index contributed by atoms with van der Waals surface area (Å²) in [4.78, 5) is 39.0. The van der Waals surface area contributed by atoms with Gasteiger partial charge in [0.05, 0.1) is 57.2 Å². The first-order valence-corrected chi connectivity index (χ1v) is 22.1. The largest absolute Gasteiger partial charge is 0.493 e. The van der Waals surface area contributed by atoms with Crippen molar-refractivity contribution in [2.24, 2.45) is 5.41 Å². The lowest BCUT2D eigenvalue weighted by Crippen LogP contribution is -2.35. The average molecular weight is 964 g/mol. The van der Waals surface area contributed by atoms with Crippen molar-refractivity contribution in [2.45, 2.75) is 51.4 Å². The molecule has 70 heavy (non-hydrogen) atoms. The third kappa shape index (κ3) is 11.0. The van der Waals surface area contributed by atoms with Gasteiger partial charge < -0.3 is 50.1 Å². The predicted molar refractivity (Wildman–Crippen MR) is 255 cm³/mol. The van der Waals surface area contributed by atoms with E-state index < -0.39 is 34.9 Å². The molecule has 1 saturated carbocycles. The van der Waals surface area contributed by atoms with Gasteiger partial charge in [-0.05, 0) is 117 Å². The highest BCUT2D eigenvalue weighted by Gasteiger charge is 2.56. The first kappa shape index (κ1) is 48.5. The van der Waals surface area contributed by atoms with E-state index in [1.165, 1.54) is 30.3 Å². The lowest BCUT2D eigenvalue weighted by Gasteiger charge is -2.20. The van der Waals surface area contributed by atoms with Gasteiger partial charge in [0.15, 0.2) is 23.0 Å². The Kier molecular flexibility index (Phi) is 14.1. The van der Waals surface area contributed by atoms with Crippen molar-refractivity contribution in [1.29, 1.82) is 0 Å². The average Bonchev–Trinajstić information content (AvgIpc) is 4.01. The number of amides is 2. The number of hydrogen-bond acceptors (Lipinski definition) is 13. The number of halogens is 4. The standard InChI is InChI=1S/C28H24FN3O5.C23H25F3N4O3/c1-35-24-15-21-22(16-25(24)36-2)30-14-11-23(21)37-20-9-7-19(8-10-20)32-27(34)28(12-13-28)26(33)31-18-5-3-17(29)4-6-18;1-12(14-6-15(23(24,25)26)8-16(27)7-14)28-22-18-9-21(33-17-4-5-32-11-17)20(31-3)10-19(18)29-13(2)30-22/h3-11,14-16H,12-13H2,1-2H3,(H,31,33)(H,32,34);6-10,12,17H,4-5,11,27H2,1-3H3,(H,28,29,30). The number of pyridine rings is 1. The fourth-order valence-corrected chi connectivity index (χ4v) is 7.77. The normalized spacial score (nSPS) is 15.2. The molecule has 5 N–H and O–H groups in total. The Bertz CT molecular complexity index is 3040. The monoisotopic (exact) mass is 963 g/mol. The molecule has 2 unspecified atom stereocenters. The molecule has 0 bridgehead atoms. The fourth-order valence-electron chi connectivity index (χ4n) is 7.77. The van der Waals surface area contributed by atoms with Crippen LogP contribution in [0.2, 0.25) is 0 Å². The van der Waals surface area contributed by atoms with Crippen LogP contribution in [0.25, 0.3) is 21.8 Å². The molecular weight excluding hydrogens is 915 g/mol. The Morgan fingerprint density at radius 1 is 0.771 bits per heavy atom. The van der Waals surface area contributed by atoms with Gasteiger partial charge in [0.1, 0.15) is 40.5 Å². The number of nitrogens with two attached hydrogens (primary N) is 1. The van der Waals surface area contributed by atoms with E-state index in [9.17, 15) is 27.2 Å². The highest BCUT2D eigenvalue weighted by molar-refractivity contribution is 6.17. The number of nitrogen functional groups attached to an aromatic ring is 1. The number of fused-ring (bicyclic) bond motifs is 2. The highest BCUT2D eigenvalue weighted by Crippen LogP contribution is 2.48. The van der Waals surface area contributed by atoms with Crippen LogP contribution in [0.15, 0.2) is 103 Å². The highest BCUT2D eigenvalue weighted by atomic mass is 19.4. The van der Waals surface area contributed by atoms with Crippen molar-refractivity contribution in [3.63, 3.8) is 0 Å². The number of benzene rings is 5. The van der Waals surface area contributed by atoms with Gasteiger partial charge in [-0.1, -0.05) is 0 Å². The zero-order valence-electron chi connectivity index (χ0n) is 38.7. The Balaban J connectivity index is 0.000000190. The Labute approximate surface area is 399 Å². The Morgan fingerprint density at radius 2 is 1.39 bits per heavy atom. The summed E-state index contributed by atoms with van der Waals surface area (Å²) in [5.74, 6) is 3.08. The zero-order valence-corrected chi connectivity index (χ0v) is 38.7. The third-order valence-corrected chi connectivity index (χ3v) is 11.7. The molecular formula is C51H49F4N7O8. The van der Waals surface area contributed by atoms with Gasteiger partial charge >= 0.3 is 6.18 Å². The number of ether oxygens (including phenoxy) is 6. The van der Waals surface area contributed by atoms with Crippen LogP contribution < -0.4 is 45.4 Å². The molecule has 9 rings (SSSR count). The maximum atomic E-state index is 13.3. The zero-order chi connectivity index (χ0) is 49.7. The van der Waals surface area contributed by atoms with Crippen molar-refractivity contribution < 1.29 is 55.6 Å². The van der Waals surface area contributed by atoms with Gasteiger partial charge in [0, 0.05) is 52.6 Å². The number of nitrogens with one attached hydrogen (secondary N) is 3. The Hall–Kier alpha value is -7.93. The Morgan fingerprint density at radius 3 is 2.00 bits per heavy atom. The number of nitrogens with zero attached hydrogens (tertiary/aromatic N) is 3. The van der Waals surface area contributed by atoms with E-state index in [-0.39, 0.29) is 17.7 Å². The van der Waals surface area contributed by atoms with Crippen LogP contribution in [0.4, 0.5) is 40.4 Å². The maximum absolute atomic E-state index is 13.3. The fraction of sp³-hybridized carbons (Fsp3) is 0.275. The molecule has 2 amide bonds. The maximum Gasteiger partial charge on any atom is 0.416 e.